The minimum Gasteiger partial charge on any atom is -0.636 e. The predicted molar refractivity (Wildman–Crippen MR) is 25.0 cm³/mol. The highest BCUT2D eigenvalue weighted by Crippen LogP contribution is 1.66. The van der Waals surface area contributed by atoms with Gasteiger partial charge in [0.1, 0.15) is 0 Å². The molecule has 0 saturated carbocycles. The van der Waals surface area contributed by atoms with Crippen LogP contribution in [0.4, 0.5) is 0 Å². The highest BCUT2D eigenvalue weighted by atomic mass is 16.5. The summed E-state index contributed by atoms with van der Waals surface area (Å²) in [5, 5.41) is 9.52. The Morgan fingerprint density at radius 1 is 1.83 bits per heavy atom. The van der Waals surface area contributed by atoms with Gasteiger partial charge >= 0.3 is 0 Å². The van der Waals surface area contributed by atoms with Gasteiger partial charge in [-0.2, -0.15) is 0 Å². The van der Waals surface area contributed by atoms with Crippen molar-refractivity contribution in [1.29, 1.82) is 0 Å². The first kappa shape index (κ1) is 5.66. The van der Waals surface area contributed by atoms with E-state index in [1.807, 2.05) is 0 Å². The van der Waals surface area contributed by atoms with E-state index in [2.05, 4.69) is 6.58 Å². The second kappa shape index (κ2) is 4.66. The van der Waals surface area contributed by atoms with Gasteiger partial charge in [0.05, 0.1) is 6.54 Å². The molecule has 2 heteroatoms. The van der Waals surface area contributed by atoms with E-state index in [0.717, 1.165) is 11.9 Å². The van der Waals surface area contributed by atoms with Crippen molar-refractivity contribution in [3.05, 3.63) is 17.9 Å². The summed E-state index contributed by atoms with van der Waals surface area (Å²) in [6, 6.07) is 0. The van der Waals surface area contributed by atoms with Crippen LogP contribution >= 0.6 is 0 Å². The Labute approximate surface area is 37.4 Å². The average Bonchev–Trinajstić information content (AvgIpc) is 1.61. The van der Waals surface area contributed by atoms with Crippen molar-refractivity contribution in [1.82, 2.24) is 0 Å². The van der Waals surface area contributed by atoms with Crippen LogP contribution in [-0.4, -0.2) is 6.54 Å². The molecule has 2 nitrogen and oxygen atoms in total. The highest BCUT2D eigenvalue weighted by molar-refractivity contribution is 4.63. The molecule has 0 aliphatic heterocycles. The van der Waals surface area contributed by atoms with Crippen LogP contribution in [0.15, 0.2) is 12.7 Å². The normalized spacial score (nSPS) is 8.17. The van der Waals surface area contributed by atoms with E-state index in [-0.39, 0.29) is 0 Å². The van der Waals surface area contributed by atoms with E-state index in [4.69, 9.17) is 0 Å². The molecular formula is C4H9NO. The molecule has 0 aromatic heterocycles. The zero-order valence-electron chi connectivity index (χ0n) is 3.68. The van der Waals surface area contributed by atoms with Crippen LogP contribution in [0.25, 0.3) is 0 Å². The molecule has 0 rings (SSSR count). The third kappa shape index (κ3) is 3.66. The summed E-state index contributed by atoms with van der Waals surface area (Å²) in [6.45, 7) is 4.05. The zero-order valence-corrected chi connectivity index (χ0v) is 3.68. The first-order valence-corrected chi connectivity index (χ1v) is 1.96. The Balaban J connectivity index is 2.49. The van der Waals surface area contributed by atoms with Crippen molar-refractivity contribution in [3.8, 4) is 0 Å². The van der Waals surface area contributed by atoms with E-state index in [1.54, 1.807) is 6.08 Å². The van der Waals surface area contributed by atoms with Gasteiger partial charge in [0, 0.05) is 6.42 Å². The van der Waals surface area contributed by atoms with Gasteiger partial charge < -0.3 is 10.7 Å². The molecule has 0 fully saturated rings. The van der Waals surface area contributed by atoms with Gasteiger partial charge in [0.2, 0.25) is 0 Å². The Hall–Kier alpha value is -0.340. The number of nitrogens with two attached hydrogens (primary N) is 1. The van der Waals surface area contributed by atoms with Crippen LogP contribution < -0.4 is 5.48 Å². The molecule has 0 bridgehead atoms. The molecule has 0 saturated heterocycles. The lowest BCUT2D eigenvalue weighted by Crippen LogP contribution is -2.77. The van der Waals surface area contributed by atoms with E-state index >= 15 is 0 Å². The summed E-state index contributed by atoms with van der Waals surface area (Å²) in [7, 11) is 0. The topological polar surface area (TPSA) is 39.7 Å². The van der Waals surface area contributed by atoms with E-state index < -0.39 is 0 Å². The summed E-state index contributed by atoms with van der Waals surface area (Å²) in [5.41, 5.74) is 0.891. The van der Waals surface area contributed by atoms with Crippen LogP contribution in [0.5, 0.6) is 0 Å². The number of quaternary nitrogens is 1. The molecule has 6 heavy (non-hydrogen) atoms. The monoisotopic (exact) mass is 87.1 g/mol. The lowest BCUT2D eigenvalue weighted by molar-refractivity contribution is -0.587. The first-order valence-electron chi connectivity index (χ1n) is 1.96. The van der Waals surface area contributed by atoms with Gasteiger partial charge in [-0.1, -0.05) is 6.08 Å². The molecule has 0 aromatic rings. The second-order valence-corrected chi connectivity index (χ2v) is 1.03. The summed E-state index contributed by atoms with van der Waals surface area (Å²) in [5.74, 6) is 0. The van der Waals surface area contributed by atoms with Crippen molar-refractivity contribution in [2.45, 2.75) is 6.42 Å². The third-order valence-electron chi connectivity index (χ3n) is 0.489. The van der Waals surface area contributed by atoms with Gasteiger partial charge in [-0.25, -0.2) is 0 Å². The molecular weight excluding hydrogens is 78.0 g/mol. The molecule has 0 aromatic carbocycles. The molecule has 0 radical (unpaired) electrons. The molecule has 0 spiro atoms. The zero-order chi connectivity index (χ0) is 4.83. The Kier molecular flexibility index (Phi) is 4.40. The Morgan fingerprint density at radius 3 is 2.67 bits per heavy atom. The van der Waals surface area contributed by atoms with Gasteiger partial charge in [0.25, 0.3) is 0 Å². The maximum absolute atomic E-state index is 9.52. The highest BCUT2D eigenvalue weighted by Gasteiger charge is 1.69. The summed E-state index contributed by atoms with van der Waals surface area (Å²) < 4.78 is 0. The first-order chi connectivity index (χ1) is 2.91. The van der Waals surface area contributed by atoms with Crippen LogP contribution in [0.3, 0.4) is 0 Å². The van der Waals surface area contributed by atoms with E-state index in [1.165, 1.54) is 0 Å². The molecule has 2 N–H and O–H groups in total. The van der Waals surface area contributed by atoms with Crippen LogP contribution in [0.1, 0.15) is 6.42 Å². The molecule has 0 aliphatic rings. The number of hydrogen-bond acceptors (Lipinski definition) is 1. The van der Waals surface area contributed by atoms with E-state index in [9.17, 15) is 5.21 Å². The van der Waals surface area contributed by atoms with Crippen LogP contribution in [0, 0.1) is 5.21 Å². The summed E-state index contributed by atoms with van der Waals surface area (Å²) in [6.07, 6.45) is 2.54. The fourth-order valence-electron chi connectivity index (χ4n) is 0.186. The van der Waals surface area contributed by atoms with E-state index in [0.29, 0.717) is 6.54 Å². The maximum atomic E-state index is 9.52. The largest absolute Gasteiger partial charge is 0.636 e. The Morgan fingerprint density at radius 2 is 2.50 bits per heavy atom. The van der Waals surface area contributed by atoms with Crippen LogP contribution in [-0.2, 0) is 0 Å². The molecule has 0 amide bonds. The fraction of sp³-hybridized carbons (Fsp3) is 0.500. The number of hydroxylamine groups is 1. The summed E-state index contributed by atoms with van der Waals surface area (Å²) >= 11 is 0. The average molecular weight is 87.1 g/mol. The smallest absolute Gasteiger partial charge is 0.0787 e. The van der Waals surface area contributed by atoms with Crippen molar-refractivity contribution < 1.29 is 5.48 Å². The van der Waals surface area contributed by atoms with Gasteiger partial charge in [0.15, 0.2) is 0 Å². The fourth-order valence-corrected chi connectivity index (χ4v) is 0.186. The molecule has 0 atom stereocenters. The molecule has 0 heterocycles. The second-order valence-electron chi connectivity index (χ2n) is 1.03. The predicted octanol–water partition coefficient (Wildman–Crippen LogP) is -0.376. The van der Waals surface area contributed by atoms with Crippen molar-refractivity contribution in [3.63, 3.8) is 0 Å². The molecule has 0 unspecified atom stereocenters. The third-order valence-corrected chi connectivity index (χ3v) is 0.489. The SMILES string of the molecule is C=CCC[NH2+][O-]. The lowest BCUT2D eigenvalue weighted by atomic mass is 10.4. The summed E-state index contributed by atoms with van der Waals surface area (Å²) in [4.78, 5) is 0. The minimum atomic E-state index is 0.615. The quantitative estimate of drug-likeness (QED) is 0.284. The number of hydrogen-bond donors (Lipinski definition) is 1. The molecule has 0 aliphatic carbocycles. The van der Waals surface area contributed by atoms with Gasteiger partial charge in [-0.05, 0) is 0 Å². The van der Waals surface area contributed by atoms with Crippen molar-refractivity contribution in [2.24, 2.45) is 0 Å². The van der Waals surface area contributed by atoms with Crippen LogP contribution in [0.2, 0.25) is 0 Å². The minimum absolute atomic E-state index is 0.615. The lowest BCUT2D eigenvalue weighted by Gasteiger charge is -1.94. The van der Waals surface area contributed by atoms with Crippen molar-refractivity contribution >= 4 is 0 Å². The van der Waals surface area contributed by atoms with Gasteiger partial charge in [-0.3, -0.25) is 0 Å². The molecule has 36 valence electrons. The maximum Gasteiger partial charge on any atom is 0.0787 e. The standard InChI is InChI=1S/C4H9NO/c1-2-3-4-5-6/h2H,1,3-5H2. The Bertz CT molecular complexity index is 36.5. The van der Waals surface area contributed by atoms with Crippen molar-refractivity contribution in [2.75, 3.05) is 6.54 Å². The van der Waals surface area contributed by atoms with Gasteiger partial charge in [-0.15, -0.1) is 6.58 Å². The number of rotatable bonds is 3.